The van der Waals surface area contributed by atoms with E-state index < -0.39 is 5.41 Å². The lowest BCUT2D eigenvalue weighted by atomic mass is 9.79. The zero-order valence-electron chi connectivity index (χ0n) is 8.75. The minimum Gasteiger partial charge on any atom is -0.198 e. The van der Waals surface area contributed by atoms with Crippen LogP contribution in [-0.4, -0.2) is 0 Å². The molecule has 0 radical (unpaired) electrons. The first-order valence-corrected chi connectivity index (χ1v) is 4.76. The van der Waals surface area contributed by atoms with Gasteiger partial charge in [-0.25, -0.2) is 0 Å². The zero-order valence-corrected chi connectivity index (χ0v) is 8.75. The molecule has 2 unspecified atom stereocenters. The van der Waals surface area contributed by atoms with Crippen molar-refractivity contribution >= 4 is 0 Å². The Balaban J connectivity index is 4.16. The van der Waals surface area contributed by atoms with Gasteiger partial charge < -0.3 is 0 Å². The van der Waals surface area contributed by atoms with Gasteiger partial charge in [-0.05, 0) is 33.1 Å². The topological polar surface area (TPSA) is 71.4 Å². The van der Waals surface area contributed by atoms with Gasteiger partial charge in [-0.3, -0.25) is 0 Å². The van der Waals surface area contributed by atoms with Gasteiger partial charge in [0.25, 0.3) is 0 Å². The molecule has 0 heterocycles. The highest BCUT2D eigenvalue weighted by Crippen LogP contribution is 2.30. The van der Waals surface area contributed by atoms with E-state index in [1.54, 1.807) is 0 Å². The molecular weight excluding hydrogens is 174 g/mol. The van der Waals surface area contributed by atoms with Crippen LogP contribution in [0.3, 0.4) is 0 Å². The Kier molecular flexibility index (Phi) is 5.35. The van der Waals surface area contributed by atoms with Gasteiger partial charge in [0.1, 0.15) is 0 Å². The SMILES string of the molecule is CC(C#N)CC(C)(C#N)CCCC#N. The van der Waals surface area contributed by atoms with Gasteiger partial charge in [-0.15, -0.1) is 0 Å². The summed E-state index contributed by atoms with van der Waals surface area (Å²) in [5.74, 6) is -0.0956. The van der Waals surface area contributed by atoms with Crippen molar-refractivity contribution in [3.8, 4) is 18.2 Å². The fraction of sp³-hybridized carbons (Fsp3) is 0.727. The molecule has 0 saturated heterocycles. The third-order valence-electron chi connectivity index (χ3n) is 2.26. The summed E-state index contributed by atoms with van der Waals surface area (Å²) in [5, 5.41) is 26.0. The molecule has 0 aliphatic rings. The molecule has 2 atom stereocenters. The van der Waals surface area contributed by atoms with Gasteiger partial charge >= 0.3 is 0 Å². The zero-order chi connectivity index (χ0) is 11.0. The van der Waals surface area contributed by atoms with Gasteiger partial charge in [0.05, 0.1) is 23.6 Å². The van der Waals surface area contributed by atoms with Crippen LogP contribution in [0.2, 0.25) is 0 Å². The lowest BCUT2D eigenvalue weighted by Crippen LogP contribution is -2.17. The first-order chi connectivity index (χ1) is 6.58. The molecule has 3 heteroatoms. The normalized spacial score (nSPS) is 15.6. The minimum absolute atomic E-state index is 0.0956. The van der Waals surface area contributed by atoms with Crippen molar-refractivity contribution in [2.75, 3.05) is 0 Å². The van der Waals surface area contributed by atoms with E-state index in [9.17, 15) is 0 Å². The van der Waals surface area contributed by atoms with Gasteiger partial charge in [-0.1, -0.05) is 0 Å². The monoisotopic (exact) mass is 189 g/mol. The molecule has 0 aromatic carbocycles. The number of nitrogens with zero attached hydrogens (tertiary/aromatic N) is 3. The highest BCUT2D eigenvalue weighted by Gasteiger charge is 2.25. The smallest absolute Gasteiger partial charge is 0.0687 e. The summed E-state index contributed by atoms with van der Waals surface area (Å²) in [6.45, 7) is 3.68. The summed E-state index contributed by atoms with van der Waals surface area (Å²) in [6.07, 6.45) is 2.51. The molecule has 0 fully saturated rings. The molecule has 74 valence electrons. The van der Waals surface area contributed by atoms with Crippen molar-refractivity contribution in [2.24, 2.45) is 11.3 Å². The maximum absolute atomic E-state index is 8.99. The maximum atomic E-state index is 8.99. The Morgan fingerprint density at radius 2 is 1.93 bits per heavy atom. The van der Waals surface area contributed by atoms with Gasteiger partial charge in [0, 0.05) is 12.3 Å². The number of rotatable bonds is 5. The second-order valence-electron chi connectivity index (χ2n) is 3.92. The third kappa shape index (κ3) is 4.48. The van der Waals surface area contributed by atoms with Crippen LogP contribution < -0.4 is 0 Å². The fourth-order valence-electron chi connectivity index (χ4n) is 1.48. The van der Waals surface area contributed by atoms with Crippen molar-refractivity contribution in [3.05, 3.63) is 0 Å². The molecular formula is C11H15N3. The fourth-order valence-corrected chi connectivity index (χ4v) is 1.48. The Hall–Kier alpha value is -1.53. The Labute approximate surface area is 85.6 Å². The molecule has 0 rings (SSSR count). The largest absolute Gasteiger partial charge is 0.198 e. The molecule has 0 N–H and O–H groups in total. The van der Waals surface area contributed by atoms with E-state index in [0.29, 0.717) is 19.3 Å². The summed E-state index contributed by atoms with van der Waals surface area (Å²) in [5.41, 5.74) is -0.452. The maximum Gasteiger partial charge on any atom is 0.0687 e. The molecule has 0 amide bonds. The lowest BCUT2D eigenvalue weighted by molar-refractivity contribution is 0.332. The summed E-state index contributed by atoms with van der Waals surface area (Å²) < 4.78 is 0. The second kappa shape index (κ2) is 6.01. The van der Waals surface area contributed by atoms with Gasteiger partial charge in [0.2, 0.25) is 0 Å². The van der Waals surface area contributed by atoms with Crippen LogP contribution in [0.1, 0.15) is 39.5 Å². The van der Waals surface area contributed by atoms with E-state index >= 15 is 0 Å². The Morgan fingerprint density at radius 1 is 1.29 bits per heavy atom. The Bertz CT molecular complexity index is 289. The summed E-state index contributed by atoms with van der Waals surface area (Å²) in [6, 6.07) is 6.43. The van der Waals surface area contributed by atoms with Crippen LogP contribution in [0.15, 0.2) is 0 Å². The van der Waals surface area contributed by atoms with Crippen LogP contribution in [0, 0.1) is 45.3 Å². The average Bonchev–Trinajstić information content (AvgIpc) is 2.18. The lowest BCUT2D eigenvalue weighted by Gasteiger charge is -2.21. The summed E-state index contributed by atoms with van der Waals surface area (Å²) in [4.78, 5) is 0. The molecule has 0 bridgehead atoms. The predicted molar refractivity (Wildman–Crippen MR) is 52.6 cm³/mol. The van der Waals surface area contributed by atoms with E-state index in [1.807, 2.05) is 13.8 Å². The van der Waals surface area contributed by atoms with Crippen molar-refractivity contribution < 1.29 is 0 Å². The van der Waals surface area contributed by atoms with Gasteiger partial charge in [-0.2, -0.15) is 15.8 Å². The number of unbranched alkanes of at least 4 members (excludes halogenated alkanes) is 1. The average molecular weight is 189 g/mol. The van der Waals surface area contributed by atoms with Crippen LogP contribution in [0.4, 0.5) is 0 Å². The van der Waals surface area contributed by atoms with E-state index in [0.717, 1.165) is 6.42 Å². The molecule has 0 aliphatic carbocycles. The van der Waals surface area contributed by atoms with E-state index in [2.05, 4.69) is 18.2 Å². The third-order valence-corrected chi connectivity index (χ3v) is 2.26. The van der Waals surface area contributed by atoms with E-state index in [1.165, 1.54) is 0 Å². The first-order valence-electron chi connectivity index (χ1n) is 4.76. The first kappa shape index (κ1) is 12.5. The van der Waals surface area contributed by atoms with Crippen LogP contribution in [0.5, 0.6) is 0 Å². The molecule has 0 aromatic rings. The van der Waals surface area contributed by atoms with Gasteiger partial charge in [0.15, 0.2) is 0 Å². The van der Waals surface area contributed by atoms with E-state index in [4.69, 9.17) is 15.8 Å². The highest BCUT2D eigenvalue weighted by molar-refractivity contribution is 4.99. The summed E-state index contributed by atoms with van der Waals surface area (Å²) in [7, 11) is 0. The van der Waals surface area contributed by atoms with Crippen LogP contribution in [0.25, 0.3) is 0 Å². The minimum atomic E-state index is -0.452. The van der Waals surface area contributed by atoms with Crippen molar-refractivity contribution in [2.45, 2.75) is 39.5 Å². The molecule has 0 saturated carbocycles. The number of hydrogen-bond acceptors (Lipinski definition) is 3. The number of hydrogen-bond donors (Lipinski definition) is 0. The molecule has 0 aliphatic heterocycles. The van der Waals surface area contributed by atoms with Crippen molar-refractivity contribution in [1.82, 2.24) is 0 Å². The molecule has 3 nitrogen and oxygen atoms in total. The predicted octanol–water partition coefficient (Wildman–Crippen LogP) is 2.76. The van der Waals surface area contributed by atoms with Crippen molar-refractivity contribution in [1.29, 1.82) is 15.8 Å². The molecule has 0 spiro atoms. The number of nitriles is 3. The Morgan fingerprint density at radius 3 is 2.36 bits per heavy atom. The second-order valence-corrected chi connectivity index (χ2v) is 3.92. The standard InChI is InChI=1S/C11H15N3/c1-10(8-13)7-11(2,9-14)5-3-4-6-12/h10H,3-5,7H2,1-2H3. The van der Waals surface area contributed by atoms with Crippen LogP contribution >= 0.6 is 0 Å². The summed E-state index contributed by atoms with van der Waals surface area (Å²) >= 11 is 0. The van der Waals surface area contributed by atoms with Crippen LogP contribution in [-0.2, 0) is 0 Å². The molecule has 14 heavy (non-hydrogen) atoms. The van der Waals surface area contributed by atoms with Crippen molar-refractivity contribution in [3.63, 3.8) is 0 Å². The van der Waals surface area contributed by atoms with E-state index in [-0.39, 0.29) is 5.92 Å². The highest BCUT2D eigenvalue weighted by atomic mass is 14.4. The molecule has 0 aromatic heterocycles. The quantitative estimate of drug-likeness (QED) is 0.624.